The highest BCUT2D eigenvalue weighted by atomic mass is 35.5. The molecule has 2 aromatic heterocycles. The van der Waals surface area contributed by atoms with Gasteiger partial charge in [-0.3, -0.25) is 9.97 Å². The lowest BCUT2D eigenvalue weighted by Crippen LogP contribution is -2.51. The maximum atomic E-state index is 14.5. The number of nitrogens with one attached hydrogen (secondary N) is 1. The molecule has 3 rings (SSSR count). The van der Waals surface area contributed by atoms with Crippen LogP contribution in [0, 0.1) is 5.82 Å². The molecule has 0 saturated heterocycles. The Kier molecular flexibility index (Phi) is 7.26. The number of benzene rings is 1. The van der Waals surface area contributed by atoms with Crippen LogP contribution in [0.25, 0.3) is 0 Å². The van der Waals surface area contributed by atoms with Crippen LogP contribution >= 0.6 is 11.6 Å². The van der Waals surface area contributed by atoms with E-state index in [9.17, 15) is 21.8 Å². The summed E-state index contributed by atoms with van der Waals surface area (Å²) in [4.78, 5) is 8.30. The van der Waals surface area contributed by atoms with Gasteiger partial charge in [-0.15, -0.1) is 0 Å². The molecule has 0 aliphatic rings. The molecule has 0 radical (unpaired) electrons. The summed E-state index contributed by atoms with van der Waals surface area (Å²) < 4.78 is 70.7. The van der Waals surface area contributed by atoms with Crippen molar-refractivity contribution in [2.24, 2.45) is 0 Å². The fourth-order valence-electron chi connectivity index (χ4n) is 3.23. The third-order valence-electron chi connectivity index (χ3n) is 4.92. The smallest absolute Gasteiger partial charge is 0.265 e. The molecule has 0 saturated carbocycles. The first-order chi connectivity index (χ1) is 15.3. The molecular weight excluding hydrogens is 478 g/mol. The minimum absolute atomic E-state index is 0.0206. The van der Waals surface area contributed by atoms with E-state index in [0.29, 0.717) is 16.7 Å². The first-order valence-corrected chi connectivity index (χ1v) is 11.4. The van der Waals surface area contributed by atoms with E-state index in [-0.39, 0.29) is 17.7 Å². The topological polar surface area (TPSA) is 54.9 Å². The Morgan fingerprint density at radius 1 is 1.00 bits per heavy atom. The zero-order valence-corrected chi connectivity index (χ0v) is 19.7. The highest BCUT2D eigenvalue weighted by Crippen LogP contribution is 2.38. The summed E-state index contributed by atoms with van der Waals surface area (Å²) in [5.41, 5.74) is -1.90. The molecule has 1 aromatic carbocycles. The second-order valence-electron chi connectivity index (χ2n) is 8.51. The number of hydrogen-bond donors (Lipinski definition) is 1. The average molecular weight is 500 g/mol. The predicted molar refractivity (Wildman–Crippen MR) is 120 cm³/mol. The van der Waals surface area contributed by atoms with Gasteiger partial charge in [-0.1, -0.05) is 11.6 Å². The number of alkyl halides is 3. The number of halogens is 5. The van der Waals surface area contributed by atoms with Gasteiger partial charge in [0.25, 0.3) is 0 Å². The summed E-state index contributed by atoms with van der Waals surface area (Å²) in [6.07, 6.45) is -0.363. The Balaban J connectivity index is 2.34. The molecule has 2 atom stereocenters. The van der Waals surface area contributed by atoms with Crippen molar-refractivity contribution < 1.29 is 21.8 Å². The molecule has 0 aliphatic carbocycles. The molecule has 0 bridgehead atoms. The fourth-order valence-corrected chi connectivity index (χ4v) is 4.26. The number of nitrogens with zero attached hydrogens (tertiary/aromatic N) is 2. The van der Waals surface area contributed by atoms with Crippen molar-refractivity contribution in [1.29, 1.82) is 0 Å². The Bertz CT molecular complexity index is 1140. The molecule has 2 heterocycles. The van der Waals surface area contributed by atoms with Crippen LogP contribution in [0.15, 0.2) is 61.1 Å². The van der Waals surface area contributed by atoms with Crippen molar-refractivity contribution in [3.8, 4) is 0 Å². The van der Waals surface area contributed by atoms with Gasteiger partial charge in [-0.2, -0.15) is 13.2 Å². The summed E-state index contributed by atoms with van der Waals surface area (Å²) >= 11 is 6.00. The second kappa shape index (κ2) is 9.48. The van der Waals surface area contributed by atoms with E-state index in [0.717, 1.165) is 12.1 Å². The quantitative estimate of drug-likeness (QED) is 0.434. The zero-order valence-electron chi connectivity index (χ0n) is 18.1. The number of hydrogen-bond acceptors (Lipinski definition) is 3. The van der Waals surface area contributed by atoms with E-state index >= 15 is 0 Å². The Hall–Kier alpha value is -2.36. The van der Waals surface area contributed by atoms with Gasteiger partial charge in [-0.25, -0.2) is 13.3 Å². The number of rotatable bonds is 6. The highest BCUT2D eigenvalue weighted by molar-refractivity contribution is 7.84. The van der Waals surface area contributed by atoms with Crippen molar-refractivity contribution in [2.75, 3.05) is 0 Å². The van der Waals surface area contributed by atoms with Gasteiger partial charge >= 0.3 is 6.18 Å². The van der Waals surface area contributed by atoms with E-state index in [1.807, 2.05) is 0 Å². The Morgan fingerprint density at radius 2 is 1.64 bits per heavy atom. The molecule has 0 spiro atoms. The standard InChI is InChI=1S/C23H22ClF4N3OS/c1-21(2,3)33(32)31-22(13-15-6-8-29-9-7-15,20-5-4-18(24)14-30-20)16-10-17(23(26,27)28)12-19(25)11-16/h4-12,14,31H,13H2,1-3H3. The largest absolute Gasteiger partial charge is 0.416 e. The van der Waals surface area contributed by atoms with E-state index in [1.165, 1.54) is 30.7 Å². The molecule has 2 unspecified atom stereocenters. The zero-order chi connectivity index (χ0) is 24.4. The van der Waals surface area contributed by atoms with E-state index in [4.69, 9.17) is 11.6 Å². The van der Waals surface area contributed by atoms with Crippen LogP contribution < -0.4 is 4.72 Å². The molecule has 176 valence electrons. The maximum Gasteiger partial charge on any atom is 0.416 e. The van der Waals surface area contributed by atoms with Crippen LogP contribution in [0.1, 0.15) is 43.2 Å². The Morgan fingerprint density at radius 3 is 2.18 bits per heavy atom. The van der Waals surface area contributed by atoms with Crippen molar-refractivity contribution in [2.45, 2.75) is 43.7 Å². The Labute approximate surface area is 197 Å². The normalized spacial score (nSPS) is 15.2. The minimum Gasteiger partial charge on any atom is -0.265 e. The van der Waals surface area contributed by atoms with Crippen molar-refractivity contribution in [1.82, 2.24) is 14.7 Å². The summed E-state index contributed by atoms with van der Waals surface area (Å²) in [6.45, 7) is 5.15. The van der Waals surface area contributed by atoms with Gasteiger partial charge in [0.05, 0.1) is 32.0 Å². The molecule has 0 fully saturated rings. The van der Waals surface area contributed by atoms with Crippen LogP contribution in [-0.2, 0) is 29.1 Å². The fraction of sp³-hybridized carbons (Fsp3) is 0.304. The second-order valence-corrected chi connectivity index (χ2v) is 10.9. The van der Waals surface area contributed by atoms with Crippen molar-refractivity contribution in [3.63, 3.8) is 0 Å². The third-order valence-corrected chi connectivity index (χ3v) is 6.79. The van der Waals surface area contributed by atoms with Crippen LogP contribution in [0.2, 0.25) is 5.02 Å². The van der Waals surface area contributed by atoms with Gasteiger partial charge in [0.15, 0.2) is 0 Å². The minimum atomic E-state index is -4.78. The van der Waals surface area contributed by atoms with Crippen LogP contribution in [0.3, 0.4) is 0 Å². The van der Waals surface area contributed by atoms with E-state index in [2.05, 4.69) is 14.7 Å². The summed E-state index contributed by atoms with van der Waals surface area (Å²) in [5.74, 6) is -1.07. The molecule has 0 amide bonds. The summed E-state index contributed by atoms with van der Waals surface area (Å²) in [5, 5.41) is 0.309. The molecule has 4 nitrogen and oxygen atoms in total. The molecule has 33 heavy (non-hydrogen) atoms. The molecular formula is C23H22ClF4N3OS. The monoisotopic (exact) mass is 499 g/mol. The summed E-state index contributed by atoms with van der Waals surface area (Å²) in [7, 11) is -1.76. The number of aromatic nitrogens is 2. The van der Waals surface area contributed by atoms with Crippen LogP contribution in [0.5, 0.6) is 0 Å². The van der Waals surface area contributed by atoms with Gasteiger partial charge in [0, 0.05) is 25.0 Å². The number of pyridine rings is 2. The van der Waals surface area contributed by atoms with Crippen molar-refractivity contribution >= 4 is 22.6 Å². The first-order valence-electron chi connectivity index (χ1n) is 9.90. The molecule has 3 aromatic rings. The van der Waals surface area contributed by atoms with Crippen molar-refractivity contribution in [3.05, 3.63) is 94.3 Å². The van der Waals surface area contributed by atoms with Crippen LogP contribution in [-0.4, -0.2) is 18.9 Å². The molecule has 0 aliphatic heterocycles. The average Bonchev–Trinajstić information content (AvgIpc) is 2.72. The lowest BCUT2D eigenvalue weighted by molar-refractivity contribution is -0.137. The van der Waals surface area contributed by atoms with E-state index in [1.54, 1.807) is 32.9 Å². The summed E-state index contributed by atoms with van der Waals surface area (Å²) in [6, 6.07) is 8.68. The SMILES string of the molecule is CC(C)(C)S(=O)NC(Cc1ccncc1)(c1cc(F)cc(C(F)(F)F)c1)c1ccc(Cl)cn1. The third kappa shape index (κ3) is 5.96. The molecule has 1 N–H and O–H groups in total. The molecule has 10 heteroatoms. The van der Waals surface area contributed by atoms with E-state index < -0.39 is 38.8 Å². The van der Waals surface area contributed by atoms with Crippen LogP contribution in [0.4, 0.5) is 17.6 Å². The highest BCUT2D eigenvalue weighted by Gasteiger charge is 2.42. The lowest BCUT2D eigenvalue weighted by atomic mass is 9.81. The lowest BCUT2D eigenvalue weighted by Gasteiger charge is -2.37. The van der Waals surface area contributed by atoms with Gasteiger partial charge < -0.3 is 0 Å². The van der Waals surface area contributed by atoms with Gasteiger partial charge in [-0.05, 0) is 74.4 Å². The predicted octanol–water partition coefficient (Wildman–Crippen LogP) is 5.83. The maximum absolute atomic E-state index is 14.5. The van der Waals surface area contributed by atoms with Gasteiger partial charge in [0.2, 0.25) is 0 Å². The first kappa shape index (κ1) is 25.3. The van der Waals surface area contributed by atoms with Gasteiger partial charge in [0.1, 0.15) is 11.4 Å².